The van der Waals surface area contributed by atoms with Crippen LogP contribution < -0.4 is 14.8 Å². The van der Waals surface area contributed by atoms with Gasteiger partial charge in [0.1, 0.15) is 0 Å². The van der Waals surface area contributed by atoms with Crippen molar-refractivity contribution in [2.24, 2.45) is 13.0 Å². The summed E-state index contributed by atoms with van der Waals surface area (Å²) in [5.41, 5.74) is 3.19. The molecule has 1 atom stereocenters. The Morgan fingerprint density at radius 1 is 1.30 bits per heavy atom. The first-order valence-corrected chi connectivity index (χ1v) is 9.56. The monoisotopic (exact) mass is 368 g/mol. The van der Waals surface area contributed by atoms with Crippen LogP contribution in [-0.2, 0) is 24.9 Å². The Balaban J connectivity index is 1.34. The smallest absolute Gasteiger partial charge is 0.231 e. The molecule has 1 aromatic heterocycles. The Morgan fingerprint density at radius 3 is 3.00 bits per heavy atom. The number of rotatable bonds is 5. The van der Waals surface area contributed by atoms with Crippen molar-refractivity contribution in [1.82, 2.24) is 19.8 Å². The molecule has 1 amide bonds. The molecule has 0 saturated heterocycles. The van der Waals surface area contributed by atoms with Crippen molar-refractivity contribution in [3.63, 3.8) is 0 Å². The van der Waals surface area contributed by atoms with Crippen LogP contribution in [0.1, 0.15) is 35.7 Å². The second-order valence-electron chi connectivity index (χ2n) is 7.79. The molecule has 1 N–H and O–H groups in total. The highest BCUT2D eigenvalue weighted by Gasteiger charge is 2.34. The fraction of sp³-hybridized carbons (Fsp3) is 0.500. The van der Waals surface area contributed by atoms with E-state index in [1.807, 2.05) is 30.1 Å². The van der Waals surface area contributed by atoms with E-state index in [4.69, 9.17) is 9.47 Å². The van der Waals surface area contributed by atoms with E-state index in [2.05, 4.69) is 21.3 Å². The molecule has 0 unspecified atom stereocenters. The number of aryl methyl sites for hydroxylation is 1. The molecular formula is C20H24N4O3. The van der Waals surface area contributed by atoms with Crippen LogP contribution in [0.15, 0.2) is 24.5 Å². The summed E-state index contributed by atoms with van der Waals surface area (Å²) in [4.78, 5) is 19.7. The number of nitrogens with zero attached hydrogens (tertiary/aromatic N) is 3. The number of hydrogen-bond acceptors (Lipinski definition) is 5. The summed E-state index contributed by atoms with van der Waals surface area (Å²) in [6.45, 7) is 3.27. The maximum Gasteiger partial charge on any atom is 0.231 e. The van der Waals surface area contributed by atoms with Gasteiger partial charge in [-0.05, 0) is 36.5 Å². The minimum Gasteiger partial charge on any atom is -0.454 e. The van der Waals surface area contributed by atoms with Gasteiger partial charge in [0, 0.05) is 33.2 Å². The Morgan fingerprint density at radius 2 is 2.15 bits per heavy atom. The van der Waals surface area contributed by atoms with Crippen molar-refractivity contribution >= 4 is 5.91 Å². The number of carbonyl (C=O) groups is 1. The minimum absolute atomic E-state index is 0.113. The van der Waals surface area contributed by atoms with Crippen molar-refractivity contribution < 1.29 is 14.3 Å². The molecule has 0 spiro atoms. The third-order valence-corrected chi connectivity index (χ3v) is 5.63. The highest BCUT2D eigenvalue weighted by Crippen LogP contribution is 2.34. The molecule has 7 heteroatoms. The van der Waals surface area contributed by atoms with E-state index < -0.39 is 0 Å². The SMILES string of the molecule is Cn1cnc2c1[C@@H](C(=O)NCC1CC1)CN(Cc1ccc3c(c1)OCO3)C2. The fourth-order valence-corrected chi connectivity index (χ4v) is 3.99. The predicted molar refractivity (Wildman–Crippen MR) is 98.4 cm³/mol. The molecule has 142 valence electrons. The predicted octanol–water partition coefficient (Wildman–Crippen LogP) is 1.77. The van der Waals surface area contributed by atoms with Crippen LogP contribution >= 0.6 is 0 Å². The number of nitrogens with one attached hydrogen (secondary N) is 1. The van der Waals surface area contributed by atoms with Crippen LogP contribution in [0.25, 0.3) is 0 Å². The first-order valence-electron chi connectivity index (χ1n) is 9.56. The molecule has 0 bridgehead atoms. The van der Waals surface area contributed by atoms with Gasteiger partial charge in [0.25, 0.3) is 0 Å². The van der Waals surface area contributed by atoms with Crippen molar-refractivity contribution in [1.29, 1.82) is 0 Å². The molecule has 3 aliphatic rings. The second-order valence-corrected chi connectivity index (χ2v) is 7.79. The van der Waals surface area contributed by atoms with Crippen molar-refractivity contribution in [2.75, 3.05) is 19.9 Å². The first kappa shape index (κ1) is 16.6. The molecule has 1 fully saturated rings. The fourth-order valence-electron chi connectivity index (χ4n) is 3.99. The summed E-state index contributed by atoms with van der Waals surface area (Å²) in [6, 6.07) is 6.04. The third-order valence-electron chi connectivity index (χ3n) is 5.63. The number of imidazole rings is 1. The van der Waals surface area contributed by atoms with Gasteiger partial charge in [-0.15, -0.1) is 0 Å². The van der Waals surface area contributed by atoms with Gasteiger partial charge in [0.05, 0.1) is 23.6 Å². The van der Waals surface area contributed by atoms with Gasteiger partial charge in [-0.2, -0.15) is 0 Å². The number of ether oxygens (including phenoxy) is 2. The average molecular weight is 368 g/mol. The summed E-state index contributed by atoms with van der Waals surface area (Å²) in [5, 5.41) is 3.15. The Kier molecular flexibility index (Phi) is 4.04. The highest BCUT2D eigenvalue weighted by molar-refractivity contribution is 5.84. The number of benzene rings is 1. The van der Waals surface area contributed by atoms with E-state index in [-0.39, 0.29) is 18.6 Å². The Hall–Kier alpha value is -2.54. The number of hydrogen-bond donors (Lipinski definition) is 1. The molecule has 7 nitrogen and oxygen atoms in total. The zero-order valence-corrected chi connectivity index (χ0v) is 15.5. The van der Waals surface area contributed by atoms with Crippen molar-refractivity contribution in [2.45, 2.75) is 31.8 Å². The maximum absolute atomic E-state index is 12.9. The van der Waals surface area contributed by atoms with Crippen molar-refractivity contribution in [3.8, 4) is 11.5 Å². The van der Waals surface area contributed by atoms with Gasteiger partial charge in [0.2, 0.25) is 12.7 Å². The van der Waals surface area contributed by atoms with Crippen molar-refractivity contribution in [3.05, 3.63) is 41.5 Å². The lowest BCUT2D eigenvalue weighted by molar-refractivity contribution is -0.123. The number of fused-ring (bicyclic) bond motifs is 2. The van der Waals surface area contributed by atoms with Gasteiger partial charge >= 0.3 is 0 Å². The van der Waals surface area contributed by atoms with Crippen LogP contribution in [-0.4, -0.2) is 40.2 Å². The first-order chi connectivity index (χ1) is 13.2. The highest BCUT2D eigenvalue weighted by atomic mass is 16.7. The van der Waals surface area contributed by atoms with E-state index in [9.17, 15) is 4.79 Å². The summed E-state index contributed by atoms with van der Waals surface area (Å²) in [5.74, 6) is 2.19. The van der Waals surface area contributed by atoms with E-state index in [1.165, 1.54) is 12.8 Å². The van der Waals surface area contributed by atoms with Gasteiger partial charge in [-0.1, -0.05) is 6.07 Å². The van der Waals surface area contributed by atoms with E-state index >= 15 is 0 Å². The summed E-state index contributed by atoms with van der Waals surface area (Å²) in [7, 11) is 1.97. The molecule has 1 aromatic carbocycles. The lowest BCUT2D eigenvalue weighted by Crippen LogP contribution is -2.42. The zero-order chi connectivity index (χ0) is 18.4. The summed E-state index contributed by atoms with van der Waals surface area (Å²) >= 11 is 0. The van der Waals surface area contributed by atoms with Gasteiger partial charge in [0.15, 0.2) is 11.5 Å². The van der Waals surface area contributed by atoms with Crippen LogP contribution in [0.4, 0.5) is 0 Å². The third kappa shape index (κ3) is 3.27. The van der Waals surface area contributed by atoms with Crippen LogP contribution in [0.3, 0.4) is 0 Å². The average Bonchev–Trinajstić information content (AvgIpc) is 3.26. The number of amides is 1. The minimum atomic E-state index is -0.186. The van der Waals surface area contributed by atoms with E-state index in [0.29, 0.717) is 12.5 Å². The lowest BCUT2D eigenvalue weighted by atomic mass is 9.96. The van der Waals surface area contributed by atoms with E-state index in [1.54, 1.807) is 0 Å². The molecule has 1 saturated carbocycles. The molecule has 0 radical (unpaired) electrons. The van der Waals surface area contributed by atoms with Crippen LogP contribution in [0.5, 0.6) is 11.5 Å². The molecule has 5 rings (SSSR count). The topological polar surface area (TPSA) is 68.6 Å². The van der Waals surface area contributed by atoms with Gasteiger partial charge in [-0.3, -0.25) is 9.69 Å². The standard InChI is InChI=1S/C20H24N4O3/c1-23-11-22-16-10-24(8-14-4-5-17-18(6-14)27-12-26-17)9-15(19(16)23)20(25)21-7-13-2-3-13/h4-6,11,13,15H,2-3,7-10,12H2,1H3,(H,21,25)/t15-/m0/s1. The summed E-state index contributed by atoms with van der Waals surface area (Å²) < 4.78 is 12.9. The lowest BCUT2D eigenvalue weighted by Gasteiger charge is -2.32. The molecule has 27 heavy (non-hydrogen) atoms. The largest absolute Gasteiger partial charge is 0.454 e. The molecule has 1 aliphatic carbocycles. The van der Waals surface area contributed by atoms with Gasteiger partial charge in [-0.25, -0.2) is 4.98 Å². The molecule has 3 heterocycles. The Labute approximate surface area is 158 Å². The van der Waals surface area contributed by atoms with Crippen LogP contribution in [0, 0.1) is 5.92 Å². The van der Waals surface area contributed by atoms with Gasteiger partial charge < -0.3 is 19.4 Å². The quantitative estimate of drug-likeness (QED) is 0.871. The molecular weight excluding hydrogens is 344 g/mol. The number of aromatic nitrogens is 2. The Bertz CT molecular complexity index is 874. The zero-order valence-electron chi connectivity index (χ0n) is 15.5. The molecule has 2 aromatic rings. The number of carbonyl (C=O) groups excluding carboxylic acids is 1. The normalized spacial score (nSPS) is 21.1. The second kappa shape index (κ2) is 6.56. The maximum atomic E-state index is 12.9. The van der Waals surface area contributed by atoms with Crippen LogP contribution in [0.2, 0.25) is 0 Å². The van der Waals surface area contributed by atoms with E-state index in [0.717, 1.165) is 48.1 Å². The summed E-state index contributed by atoms with van der Waals surface area (Å²) in [6.07, 6.45) is 4.28. The molecule has 2 aliphatic heterocycles.